The minimum absolute atomic E-state index is 0.0793. The predicted octanol–water partition coefficient (Wildman–Crippen LogP) is -0.951. The Morgan fingerprint density at radius 3 is 2.85 bits per heavy atom. The number of ether oxygens (including phenoxy) is 1. The van der Waals surface area contributed by atoms with Gasteiger partial charge in [-0.15, -0.1) is 6.42 Å². The molecule has 5 N–H and O–H groups in total. The topological polar surface area (TPSA) is 117 Å². The maximum absolute atomic E-state index is 13.8. The summed E-state index contributed by atoms with van der Waals surface area (Å²) in [5, 5.41) is 20.8. The van der Waals surface area contributed by atoms with Crippen LogP contribution in [0.5, 0.6) is 0 Å². The van der Waals surface area contributed by atoms with Crippen molar-refractivity contribution in [2.75, 3.05) is 6.61 Å². The van der Waals surface area contributed by atoms with E-state index in [9.17, 15) is 14.3 Å². The zero-order valence-electron chi connectivity index (χ0n) is 10.8. The molecule has 1 rings (SSSR count). The number of hydrogen-bond donors (Lipinski definition) is 4. The standard InChI is InChI=1S/C12H16FN3O4/c1-3-5-7(14)15-11(19)16-10-8(13)9(18)12(4-2,6-17)20-10/h2-3,5,8-10,17-18H,6H2,1H3,(H3,14,15,16,19)/b5-3-/t8-,9+,10-,12-/m1/s1. The maximum atomic E-state index is 13.8. The zero-order valence-corrected chi connectivity index (χ0v) is 10.8. The molecule has 1 aliphatic rings. The quantitative estimate of drug-likeness (QED) is 0.303. The molecule has 1 saturated heterocycles. The fourth-order valence-electron chi connectivity index (χ4n) is 1.67. The summed E-state index contributed by atoms with van der Waals surface area (Å²) in [5.74, 6) is 1.91. The van der Waals surface area contributed by atoms with Crippen molar-refractivity contribution in [3.05, 3.63) is 12.2 Å². The number of aliphatic hydroxyl groups excluding tert-OH is 2. The van der Waals surface area contributed by atoms with Gasteiger partial charge >= 0.3 is 6.03 Å². The highest BCUT2D eigenvalue weighted by Gasteiger charge is 2.54. The molecule has 7 nitrogen and oxygen atoms in total. The Morgan fingerprint density at radius 2 is 2.40 bits per heavy atom. The van der Waals surface area contributed by atoms with Gasteiger partial charge in [0, 0.05) is 0 Å². The van der Waals surface area contributed by atoms with Crippen LogP contribution in [0.4, 0.5) is 9.18 Å². The van der Waals surface area contributed by atoms with E-state index in [0.29, 0.717) is 0 Å². The molecule has 2 amide bonds. The van der Waals surface area contributed by atoms with E-state index in [2.05, 4.69) is 10.3 Å². The first-order valence-corrected chi connectivity index (χ1v) is 5.76. The summed E-state index contributed by atoms with van der Waals surface area (Å²) < 4.78 is 18.8. The summed E-state index contributed by atoms with van der Waals surface area (Å²) in [6.45, 7) is 0.887. The highest BCUT2D eigenvalue weighted by atomic mass is 19.1. The fraction of sp³-hybridized carbons (Fsp3) is 0.500. The Balaban J connectivity index is 2.78. The van der Waals surface area contributed by atoms with Crippen molar-refractivity contribution in [1.82, 2.24) is 5.32 Å². The van der Waals surface area contributed by atoms with E-state index in [0.717, 1.165) is 0 Å². The number of aliphatic hydroxyl groups is 2. The number of urea groups is 1. The van der Waals surface area contributed by atoms with Gasteiger partial charge in [-0.1, -0.05) is 12.0 Å². The highest BCUT2D eigenvalue weighted by Crippen LogP contribution is 2.31. The number of terminal acetylenes is 1. The van der Waals surface area contributed by atoms with Gasteiger partial charge in [0.05, 0.1) is 6.61 Å². The molecular formula is C12H16FN3O4. The SMILES string of the molecule is C#C[C@]1(CO)O[C@@H](NC(=O)/N=C(N)\C=C/C)[C@H](F)[C@@H]1O. The number of aliphatic imine (C=N–C) groups is 1. The number of halogens is 1. The van der Waals surface area contributed by atoms with Crippen LogP contribution < -0.4 is 11.1 Å². The molecular weight excluding hydrogens is 269 g/mol. The lowest BCUT2D eigenvalue weighted by Crippen LogP contribution is -2.44. The molecule has 0 aromatic heterocycles. The summed E-state index contributed by atoms with van der Waals surface area (Å²) in [6, 6.07) is -0.953. The molecule has 8 heteroatoms. The number of nitrogens with zero attached hydrogens (tertiary/aromatic N) is 1. The van der Waals surface area contributed by atoms with E-state index in [-0.39, 0.29) is 5.84 Å². The van der Waals surface area contributed by atoms with Gasteiger partial charge in [-0.3, -0.25) is 0 Å². The van der Waals surface area contributed by atoms with Crippen molar-refractivity contribution in [3.63, 3.8) is 0 Å². The number of alkyl halides is 1. The number of hydrogen-bond acceptors (Lipinski definition) is 4. The van der Waals surface area contributed by atoms with E-state index in [1.54, 1.807) is 13.0 Å². The van der Waals surface area contributed by atoms with Crippen LogP contribution in [0.1, 0.15) is 6.92 Å². The summed E-state index contributed by atoms with van der Waals surface area (Å²) >= 11 is 0. The fourth-order valence-corrected chi connectivity index (χ4v) is 1.67. The average Bonchev–Trinajstić information content (AvgIpc) is 2.64. The van der Waals surface area contributed by atoms with Crippen molar-refractivity contribution < 1.29 is 24.1 Å². The normalized spacial score (nSPS) is 34.1. The number of nitrogens with one attached hydrogen (secondary N) is 1. The zero-order chi connectivity index (χ0) is 15.3. The Hall–Kier alpha value is -1.95. The molecule has 4 atom stereocenters. The molecule has 0 bridgehead atoms. The molecule has 0 aromatic rings. The number of amides is 2. The lowest BCUT2D eigenvalue weighted by atomic mass is 9.98. The van der Waals surface area contributed by atoms with E-state index in [1.807, 2.05) is 5.92 Å². The van der Waals surface area contributed by atoms with Crippen molar-refractivity contribution in [3.8, 4) is 12.3 Å². The lowest BCUT2D eigenvalue weighted by molar-refractivity contribution is -0.0751. The molecule has 0 saturated carbocycles. The van der Waals surface area contributed by atoms with Crippen LogP contribution in [0, 0.1) is 12.3 Å². The molecule has 0 aromatic carbocycles. The Morgan fingerprint density at radius 1 is 1.75 bits per heavy atom. The monoisotopic (exact) mass is 285 g/mol. The molecule has 0 spiro atoms. The van der Waals surface area contributed by atoms with Gasteiger partial charge in [-0.05, 0) is 13.0 Å². The Labute approximate surface area is 115 Å². The summed E-state index contributed by atoms with van der Waals surface area (Å²) in [7, 11) is 0. The Kier molecular flexibility index (Phi) is 5.21. The number of amidine groups is 1. The van der Waals surface area contributed by atoms with Gasteiger partial charge < -0.3 is 26.0 Å². The molecule has 1 heterocycles. The van der Waals surface area contributed by atoms with Gasteiger partial charge in [-0.2, -0.15) is 4.99 Å². The van der Waals surface area contributed by atoms with Crippen LogP contribution >= 0.6 is 0 Å². The number of rotatable bonds is 3. The van der Waals surface area contributed by atoms with Crippen molar-refractivity contribution >= 4 is 11.9 Å². The van der Waals surface area contributed by atoms with Crippen LogP contribution in [0.3, 0.4) is 0 Å². The van der Waals surface area contributed by atoms with Gasteiger partial charge in [0.1, 0.15) is 11.9 Å². The van der Waals surface area contributed by atoms with Gasteiger partial charge in [0.2, 0.25) is 0 Å². The molecule has 1 fully saturated rings. The first-order valence-electron chi connectivity index (χ1n) is 5.76. The second-order valence-electron chi connectivity index (χ2n) is 4.11. The van der Waals surface area contributed by atoms with E-state index in [1.165, 1.54) is 6.08 Å². The third-order valence-electron chi connectivity index (χ3n) is 2.72. The van der Waals surface area contributed by atoms with Gasteiger partial charge in [0.15, 0.2) is 18.0 Å². The Bertz CT molecular complexity index is 474. The van der Waals surface area contributed by atoms with Gasteiger partial charge in [0.25, 0.3) is 0 Å². The number of carbonyl (C=O) groups excluding carboxylic acids is 1. The summed E-state index contributed by atoms with van der Waals surface area (Å²) in [4.78, 5) is 14.9. The van der Waals surface area contributed by atoms with Crippen LogP contribution in [0.15, 0.2) is 17.1 Å². The van der Waals surface area contributed by atoms with Crippen molar-refractivity contribution in [2.45, 2.75) is 31.0 Å². The summed E-state index contributed by atoms with van der Waals surface area (Å²) in [5.41, 5.74) is 3.48. The molecule has 0 unspecified atom stereocenters. The smallest absolute Gasteiger partial charge is 0.344 e. The molecule has 0 radical (unpaired) electrons. The van der Waals surface area contributed by atoms with Gasteiger partial charge in [-0.25, -0.2) is 9.18 Å². The van der Waals surface area contributed by atoms with Crippen LogP contribution in [0.2, 0.25) is 0 Å². The molecule has 0 aliphatic carbocycles. The third-order valence-corrected chi connectivity index (χ3v) is 2.72. The first-order chi connectivity index (χ1) is 9.40. The minimum atomic E-state index is -2.00. The first kappa shape index (κ1) is 16.1. The van der Waals surface area contributed by atoms with Crippen molar-refractivity contribution in [2.24, 2.45) is 10.7 Å². The molecule has 1 aliphatic heterocycles. The summed E-state index contributed by atoms with van der Waals surface area (Å²) in [6.07, 6.45) is 2.76. The predicted molar refractivity (Wildman–Crippen MR) is 69.4 cm³/mol. The number of carbonyl (C=O) groups is 1. The molecule has 110 valence electrons. The average molecular weight is 285 g/mol. The van der Waals surface area contributed by atoms with E-state index < -0.39 is 36.7 Å². The second-order valence-corrected chi connectivity index (χ2v) is 4.11. The number of allylic oxidation sites excluding steroid dienone is 1. The van der Waals surface area contributed by atoms with Crippen LogP contribution in [-0.2, 0) is 4.74 Å². The van der Waals surface area contributed by atoms with Crippen molar-refractivity contribution in [1.29, 1.82) is 0 Å². The maximum Gasteiger partial charge on any atom is 0.344 e. The molecule has 20 heavy (non-hydrogen) atoms. The second kappa shape index (κ2) is 6.47. The minimum Gasteiger partial charge on any atom is -0.392 e. The largest absolute Gasteiger partial charge is 0.392 e. The third kappa shape index (κ3) is 3.14. The van der Waals surface area contributed by atoms with E-state index in [4.69, 9.17) is 22.0 Å². The van der Waals surface area contributed by atoms with E-state index >= 15 is 0 Å². The van der Waals surface area contributed by atoms with Crippen LogP contribution in [-0.4, -0.2) is 52.8 Å². The van der Waals surface area contributed by atoms with Crippen LogP contribution in [0.25, 0.3) is 0 Å². The highest BCUT2D eigenvalue weighted by molar-refractivity contribution is 5.99. The number of nitrogens with two attached hydrogens (primary N) is 1. The lowest BCUT2D eigenvalue weighted by Gasteiger charge is -2.22.